The van der Waals surface area contributed by atoms with Crippen LogP contribution in [0.3, 0.4) is 0 Å². The summed E-state index contributed by atoms with van der Waals surface area (Å²) in [5, 5.41) is 0. The summed E-state index contributed by atoms with van der Waals surface area (Å²) in [5.74, 6) is 1.05. The zero-order valence-corrected chi connectivity index (χ0v) is 10.3. The fourth-order valence-electron chi connectivity index (χ4n) is 1.15. The average molecular weight is 240 g/mol. The molecule has 2 aromatic carbocycles. The van der Waals surface area contributed by atoms with Crippen LogP contribution < -0.4 is 32.8 Å². The molecule has 2 aromatic rings. The normalized spacial score (nSPS) is 9.53. The molecule has 0 saturated carbocycles. The van der Waals surface area contributed by atoms with Crippen molar-refractivity contribution in [1.29, 1.82) is 0 Å². The second kappa shape index (κ2) is 7.37. The van der Waals surface area contributed by atoms with Gasteiger partial charge in [0.25, 0.3) is 0 Å². The van der Waals surface area contributed by atoms with Crippen molar-refractivity contribution >= 4 is 8.60 Å². The van der Waals surface area contributed by atoms with Gasteiger partial charge in [0.05, 0.1) is 0 Å². The quantitative estimate of drug-likeness (QED) is 0.546. The van der Waals surface area contributed by atoms with E-state index in [-0.39, 0.29) is 18.9 Å². The van der Waals surface area contributed by atoms with Crippen LogP contribution >= 0.6 is 8.60 Å². The molecule has 0 aliphatic carbocycles. The van der Waals surface area contributed by atoms with Crippen LogP contribution in [0.25, 0.3) is 0 Å². The molecule has 0 atom stereocenters. The Hall–Kier alpha value is -0.973. The topological polar surface area (TPSA) is 41.5 Å². The molecular formula is C12H10LiO3P. The Morgan fingerprint density at radius 2 is 1.06 bits per heavy atom. The van der Waals surface area contributed by atoms with Crippen LogP contribution in [0, 0.1) is 0 Å². The van der Waals surface area contributed by atoms with Gasteiger partial charge in [-0.3, -0.25) is 0 Å². The van der Waals surface area contributed by atoms with Crippen molar-refractivity contribution in [3.8, 4) is 11.5 Å². The molecule has 82 valence electrons. The smallest absolute Gasteiger partial charge is 0.765 e. The maximum atomic E-state index is 11.5. The predicted molar refractivity (Wildman–Crippen MR) is 61.1 cm³/mol. The van der Waals surface area contributed by atoms with Gasteiger partial charge in [-0.2, -0.15) is 0 Å². The molecule has 5 heteroatoms. The van der Waals surface area contributed by atoms with Crippen molar-refractivity contribution in [2.75, 3.05) is 0 Å². The van der Waals surface area contributed by atoms with E-state index < -0.39 is 8.60 Å². The fourth-order valence-corrected chi connectivity index (χ4v) is 1.78. The van der Waals surface area contributed by atoms with Gasteiger partial charge in [-0.15, -0.1) is 0 Å². The van der Waals surface area contributed by atoms with Gasteiger partial charge < -0.3 is 13.9 Å². The Morgan fingerprint density at radius 3 is 1.41 bits per heavy atom. The van der Waals surface area contributed by atoms with Crippen molar-refractivity contribution in [2.24, 2.45) is 0 Å². The summed E-state index contributed by atoms with van der Waals surface area (Å²) >= 11 is 0. The van der Waals surface area contributed by atoms with Crippen LogP contribution in [-0.4, -0.2) is 0 Å². The molecule has 0 amide bonds. The van der Waals surface area contributed by atoms with Gasteiger partial charge in [-0.1, -0.05) is 36.4 Å². The van der Waals surface area contributed by atoms with Gasteiger partial charge in [0.2, 0.25) is 8.60 Å². The molecule has 2 rings (SSSR count). The molecule has 0 N–H and O–H groups in total. The van der Waals surface area contributed by atoms with Crippen LogP contribution in [0.15, 0.2) is 60.7 Å². The summed E-state index contributed by atoms with van der Waals surface area (Å²) in [5.41, 5.74) is 0. The Morgan fingerprint density at radius 1 is 0.706 bits per heavy atom. The second-order valence-corrected chi connectivity index (χ2v) is 3.84. The van der Waals surface area contributed by atoms with Crippen molar-refractivity contribution in [2.45, 2.75) is 0 Å². The summed E-state index contributed by atoms with van der Waals surface area (Å²) in [4.78, 5) is 11.5. The average Bonchev–Trinajstić information content (AvgIpc) is 2.31. The molecule has 0 radical (unpaired) electrons. The maximum absolute atomic E-state index is 11.5. The van der Waals surface area contributed by atoms with E-state index in [9.17, 15) is 4.89 Å². The number of benzene rings is 2. The zero-order valence-electron chi connectivity index (χ0n) is 9.45. The van der Waals surface area contributed by atoms with E-state index in [1.807, 2.05) is 12.1 Å². The standard InChI is InChI=1S/C12H10O3P.Li/c13-16(14-11-7-3-1-4-8-11)15-12-9-5-2-6-10-12;/h1-10H;/q-1;+1. The summed E-state index contributed by atoms with van der Waals surface area (Å²) in [7, 11) is -2.18. The zero-order chi connectivity index (χ0) is 11.2. The van der Waals surface area contributed by atoms with Gasteiger partial charge in [-0.05, 0) is 24.3 Å². The Balaban J connectivity index is 0.00000144. The summed E-state index contributed by atoms with van der Waals surface area (Å²) < 4.78 is 10.2. The van der Waals surface area contributed by atoms with Gasteiger partial charge in [0.15, 0.2) is 0 Å². The molecule has 17 heavy (non-hydrogen) atoms. The number of hydrogen-bond donors (Lipinski definition) is 0. The van der Waals surface area contributed by atoms with Gasteiger partial charge in [0, 0.05) is 0 Å². The Kier molecular flexibility index (Phi) is 6.11. The van der Waals surface area contributed by atoms with Crippen molar-refractivity contribution < 1.29 is 32.8 Å². The minimum absolute atomic E-state index is 0. The third kappa shape index (κ3) is 4.81. The first-order chi connectivity index (χ1) is 7.84. The first-order valence-electron chi connectivity index (χ1n) is 4.78. The fraction of sp³-hybridized carbons (Fsp3) is 0. The van der Waals surface area contributed by atoms with Crippen LogP contribution in [0.1, 0.15) is 0 Å². The third-order valence-electron chi connectivity index (χ3n) is 1.85. The molecule has 0 spiro atoms. The largest absolute Gasteiger partial charge is 1.00 e. The van der Waals surface area contributed by atoms with Crippen molar-refractivity contribution in [1.82, 2.24) is 0 Å². The Bertz CT molecular complexity index is 383. The third-order valence-corrected chi connectivity index (χ3v) is 2.57. The summed E-state index contributed by atoms with van der Waals surface area (Å²) in [6, 6.07) is 17.8. The summed E-state index contributed by atoms with van der Waals surface area (Å²) in [6.07, 6.45) is 0. The number of rotatable bonds is 4. The van der Waals surface area contributed by atoms with E-state index in [0.29, 0.717) is 11.5 Å². The van der Waals surface area contributed by atoms with Crippen molar-refractivity contribution in [3.05, 3.63) is 60.7 Å². The molecule has 0 fully saturated rings. The minimum atomic E-state index is -2.18. The van der Waals surface area contributed by atoms with Gasteiger partial charge in [0.1, 0.15) is 11.5 Å². The maximum Gasteiger partial charge on any atom is 1.00 e. The van der Waals surface area contributed by atoms with E-state index in [1.165, 1.54) is 0 Å². The number of para-hydroxylation sites is 2. The van der Waals surface area contributed by atoms with Crippen LogP contribution in [-0.2, 0) is 0 Å². The first-order valence-corrected chi connectivity index (χ1v) is 5.87. The predicted octanol–water partition coefficient (Wildman–Crippen LogP) is -0.264. The SMILES string of the molecule is [Li+].[O-]P(Oc1ccccc1)Oc1ccccc1. The molecule has 0 saturated heterocycles. The monoisotopic (exact) mass is 240 g/mol. The molecule has 0 aliphatic rings. The van der Waals surface area contributed by atoms with E-state index in [4.69, 9.17) is 9.05 Å². The van der Waals surface area contributed by atoms with E-state index >= 15 is 0 Å². The Labute approximate surface area is 114 Å². The van der Waals surface area contributed by atoms with E-state index in [2.05, 4.69) is 0 Å². The molecular weight excluding hydrogens is 230 g/mol. The minimum Gasteiger partial charge on any atom is -0.765 e. The van der Waals surface area contributed by atoms with Crippen LogP contribution in [0.5, 0.6) is 11.5 Å². The molecule has 0 aliphatic heterocycles. The first kappa shape index (κ1) is 14.1. The van der Waals surface area contributed by atoms with Crippen LogP contribution in [0.2, 0.25) is 0 Å². The summed E-state index contributed by atoms with van der Waals surface area (Å²) in [6.45, 7) is 0. The van der Waals surface area contributed by atoms with Gasteiger partial charge >= 0.3 is 18.9 Å². The molecule has 0 unspecified atom stereocenters. The molecule has 0 aromatic heterocycles. The molecule has 3 nitrogen and oxygen atoms in total. The van der Waals surface area contributed by atoms with Crippen LogP contribution in [0.4, 0.5) is 0 Å². The van der Waals surface area contributed by atoms with Gasteiger partial charge in [-0.25, -0.2) is 0 Å². The molecule has 0 heterocycles. The molecule has 0 bridgehead atoms. The second-order valence-electron chi connectivity index (χ2n) is 3.03. The van der Waals surface area contributed by atoms with E-state index in [0.717, 1.165) is 0 Å². The van der Waals surface area contributed by atoms with Crippen molar-refractivity contribution in [3.63, 3.8) is 0 Å². The van der Waals surface area contributed by atoms with E-state index in [1.54, 1.807) is 48.5 Å². The number of hydrogen-bond acceptors (Lipinski definition) is 3.